The molecule has 0 saturated heterocycles. The number of aryl methyl sites for hydroxylation is 5. The molecule has 0 aliphatic carbocycles. The second kappa shape index (κ2) is 29.4. The van der Waals surface area contributed by atoms with Gasteiger partial charge in [0, 0.05) is 0 Å². The molecule has 414 valence electrons. The lowest BCUT2D eigenvalue weighted by atomic mass is 9.83. The minimum Gasteiger partial charge on any atom is -0.171 e. The first-order chi connectivity index (χ1) is 33.7. The minimum atomic E-state index is -4.17. The number of hydrogen-bond donors (Lipinski definition) is 0. The monoisotopic (exact) mass is 1020 g/mol. The Morgan fingerprint density at radius 1 is 0.351 bits per heavy atom. The van der Waals surface area contributed by atoms with Crippen molar-refractivity contribution in [1.82, 2.24) is 0 Å². The third-order valence-corrected chi connectivity index (χ3v) is 14.0. The SMILES string of the molecule is Cc1ccc(C(C)(C)C)cc1C(C)C.Cc1ccc(C(C)C)cc1C(C)C.Cc1ccc(CC(C)(C)C(F)(F)F)cc1C(C)C.Cc1ccc(CC(C)(C)C)cc1C(C)C.Cc1ccc(CC(C)C)cc1C(C)C. The Balaban J connectivity index is 0.000000465. The molecule has 0 bridgehead atoms. The molecule has 0 fully saturated rings. The average Bonchev–Trinajstić information content (AvgIpc) is 3.25. The fourth-order valence-electron chi connectivity index (χ4n) is 9.35. The number of hydrogen-bond acceptors (Lipinski definition) is 0. The van der Waals surface area contributed by atoms with Crippen molar-refractivity contribution >= 4 is 0 Å². The number of alkyl halides is 3. The first kappa shape index (κ1) is 67.9. The summed E-state index contributed by atoms with van der Waals surface area (Å²) in [7, 11) is 0. The van der Waals surface area contributed by atoms with Gasteiger partial charge in [0.1, 0.15) is 0 Å². The van der Waals surface area contributed by atoms with Crippen LogP contribution in [0.15, 0.2) is 91.0 Å². The summed E-state index contributed by atoms with van der Waals surface area (Å²) in [6.45, 7) is 58.2. The van der Waals surface area contributed by atoms with Gasteiger partial charge in [0.15, 0.2) is 0 Å². The average molecular weight is 1020 g/mol. The van der Waals surface area contributed by atoms with E-state index in [1.807, 2.05) is 19.1 Å². The van der Waals surface area contributed by atoms with Crippen molar-refractivity contribution in [3.05, 3.63) is 174 Å². The molecule has 0 amide bonds. The molecule has 0 saturated carbocycles. The van der Waals surface area contributed by atoms with Gasteiger partial charge in [-0.25, -0.2) is 0 Å². The third-order valence-electron chi connectivity index (χ3n) is 14.0. The van der Waals surface area contributed by atoms with E-state index in [9.17, 15) is 13.2 Å². The molecular weight excluding hydrogens is 910 g/mol. The Bertz CT molecular complexity index is 2430. The maximum Gasteiger partial charge on any atom is 0.394 e. The number of rotatable bonds is 11. The van der Waals surface area contributed by atoms with Crippen LogP contribution in [-0.4, -0.2) is 6.18 Å². The fourth-order valence-corrected chi connectivity index (χ4v) is 9.35. The lowest BCUT2D eigenvalue weighted by Gasteiger charge is -2.28. The minimum absolute atomic E-state index is 0.0243. The van der Waals surface area contributed by atoms with Crippen LogP contribution < -0.4 is 0 Å². The Kier molecular flexibility index (Phi) is 27.0. The van der Waals surface area contributed by atoms with E-state index in [4.69, 9.17) is 0 Å². The summed E-state index contributed by atoms with van der Waals surface area (Å²) in [5, 5.41) is 0. The van der Waals surface area contributed by atoms with Gasteiger partial charge in [-0.2, -0.15) is 13.2 Å². The van der Waals surface area contributed by atoms with Crippen LogP contribution in [0.1, 0.15) is 271 Å². The van der Waals surface area contributed by atoms with Crippen LogP contribution in [0.5, 0.6) is 0 Å². The van der Waals surface area contributed by atoms with E-state index in [1.165, 1.54) is 87.0 Å². The summed E-state index contributed by atoms with van der Waals surface area (Å²) >= 11 is 0. The van der Waals surface area contributed by atoms with Crippen LogP contribution in [0.2, 0.25) is 0 Å². The zero-order valence-electron chi connectivity index (χ0n) is 52.5. The van der Waals surface area contributed by atoms with Gasteiger partial charge in [-0.05, 0) is 190 Å². The molecule has 0 N–H and O–H groups in total. The summed E-state index contributed by atoms with van der Waals surface area (Å²) in [5.41, 5.74) is 19.5. The van der Waals surface area contributed by atoms with E-state index in [2.05, 4.69) is 239 Å². The lowest BCUT2D eigenvalue weighted by molar-refractivity contribution is -0.211. The summed E-state index contributed by atoms with van der Waals surface area (Å²) in [6, 6.07) is 33.1. The van der Waals surface area contributed by atoms with Crippen LogP contribution in [0, 0.1) is 51.4 Å². The van der Waals surface area contributed by atoms with Gasteiger partial charge < -0.3 is 0 Å². The zero-order valence-corrected chi connectivity index (χ0v) is 52.5. The van der Waals surface area contributed by atoms with E-state index in [1.54, 1.807) is 6.07 Å². The molecule has 5 aromatic rings. The normalized spacial score (nSPS) is 12.1. The first-order valence-corrected chi connectivity index (χ1v) is 28.2. The number of benzene rings is 5. The molecule has 3 heteroatoms. The Morgan fingerprint density at radius 3 is 0.986 bits per heavy atom. The van der Waals surface area contributed by atoms with Crippen molar-refractivity contribution in [2.45, 2.75) is 253 Å². The molecule has 5 aromatic carbocycles. The molecular formula is C71H109F3. The first-order valence-electron chi connectivity index (χ1n) is 28.2. The quantitative estimate of drug-likeness (QED) is 0.124. The van der Waals surface area contributed by atoms with Crippen molar-refractivity contribution < 1.29 is 13.2 Å². The molecule has 74 heavy (non-hydrogen) atoms. The molecule has 0 aliphatic heterocycles. The molecule has 0 unspecified atom stereocenters. The van der Waals surface area contributed by atoms with Crippen LogP contribution in [-0.2, 0) is 24.7 Å². The van der Waals surface area contributed by atoms with E-state index in [0.717, 1.165) is 29.0 Å². The van der Waals surface area contributed by atoms with Gasteiger partial charge in [0.25, 0.3) is 0 Å². The van der Waals surface area contributed by atoms with Crippen LogP contribution in [0.25, 0.3) is 0 Å². The zero-order chi connectivity index (χ0) is 57.4. The lowest BCUT2D eigenvalue weighted by Crippen LogP contribution is -2.34. The molecule has 0 heterocycles. The second-order valence-corrected chi connectivity index (χ2v) is 26.8. The predicted octanol–water partition coefficient (Wildman–Crippen LogP) is 22.9. The van der Waals surface area contributed by atoms with Gasteiger partial charge >= 0.3 is 6.18 Å². The van der Waals surface area contributed by atoms with Gasteiger partial charge in [-0.3, -0.25) is 0 Å². The summed E-state index contributed by atoms with van der Waals surface area (Å²) < 4.78 is 38.6. The summed E-state index contributed by atoms with van der Waals surface area (Å²) in [4.78, 5) is 0. The highest BCUT2D eigenvalue weighted by Gasteiger charge is 2.47. The van der Waals surface area contributed by atoms with Crippen molar-refractivity contribution in [3.63, 3.8) is 0 Å². The van der Waals surface area contributed by atoms with E-state index >= 15 is 0 Å². The molecule has 0 aliphatic rings. The van der Waals surface area contributed by atoms with Gasteiger partial charge in [0.2, 0.25) is 0 Å². The van der Waals surface area contributed by atoms with Gasteiger partial charge in [-0.1, -0.05) is 243 Å². The van der Waals surface area contributed by atoms with E-state index in [-0.39, 0.29) is 11.8 Å². The largest absolute Gasteiger partial charge is 0.394 e. The van der Waals surface area contributed by atoms with Crippen LogP contribution >= 0.6 is 0 Å². The maximum absolute atomic E-state index is 12.9. The van der Waals surface area contributed by atoms with E-state index < -0.39 is 11.6 Å². The third kappa shape index (κ3) is 23.4. The molecule has 0 nitrogen and oxygen atoms in total. The Morgan fingerprint density at radius 2 is 0.662 bits per heavy atom. The van der Waals surface area contributed by atoms with Gasteiger partial charge in [-0.15, -0.1) is 0 Å². The highest BCUT2D eigenvalue weighted by atomic mass is 19.4. The standard InChI is InChI=1S/C15H21F3.C15H24.2C14H22.C13H20/c1-10(2)13-8-12(7-6-11(13)3)9-14(4,5)15(16,17)18;1-11(2)14-9-13(8-7-12(14)3)10-15(4,5)6;1-10(2)13-9-12(14(4,5)6)8-7-11(13)3;1-10(2)8-13-7-6-12(5)14(9-13)11(3)4;1-9(2)12-7-6-11(5)13(8-12)10(3)4/h6-8,10H,9H2,1-5H3;7-9,11H,10H2,1-6H3;7-10H,1-6H3;6-7,9-11H,8H2,1-5H3;6-10H,1-5H3. The smallest absolute Gasteiger partial charge is 0.171 e. The Labute approximate surface area is 455 Å². The molecule has 0 aromatic heterocycles. The highest BCUT2D eigenvalue weighted by Crippen LogP contribution is 2.41. The number of halogens is 3. The second-order valence-electron chi connectivity index (χ2n) is 26.8. The molecule has 0 spiro atoms. The van der Waals surface area contributed by atoms with Crippen molar-refractivity contribution in [1.29, 1.82) is 0 Å². The van der Waals surface area contributed by atoms with E-state index in [0.29, 0.717) is 40.9 Å². The topological polar surface area (TPSA) is 0 Å². The van der Waals surface area contributed by atoms with Crippen molar-refractivity contribution in [2.75, 3.05) is 0 Å². The Hall–Kier alpha value is -4.11. The van der Waals surface area contributed by atoms with Crippen molar-refractivity contribution in [2.24, 2.45) is 16.7 Å². The molecule has 0 radical (unpaired) electrons. The maximum atomic E-state index is 12.9. The fraction of sp³-hybridized carbons (Fsp3) is 0.577. The highest BCUT2D eigenvalue weighted by molar-refractivity contribution is 5.38. The van der Waals surface area contributed by atoms with Crippen molar-refractivity contribution in [3.8, 4) is 0 Å². The van der Waals surface area contributed by atoms with Crippen LogP contribution in [0.3, 0.4) is 0 Å². The van der Waals surface area contributed by atoms with Crippen LogP contribution in [0.4, 0.5) is 13.2 Å². The van der Waals surface area contributed by atoms with Gasteiger partial charge in [0.05, 0.1) is 5.41 Å². The molecule has 0 atom stereocenters. The summed E-state index contributed by atoms with van der Waals surface area (Å²) in [6.07, 6.45) is -1.79. The predicted molar refractivity (Wildman–Crippen MR) is 324 cm³/mol. The summed E-state index contributed by atoms with van der Waals surface area (Å²) in [5.74, 6) is 4.25. The molecule has 5 rings (SSSR count).